The number of carboxylic acids is 1. The van der Waals surface area contributed by atoms with Crippen LogP contribution in [0.15, 0.2) is 12.4 Å². The highest BCUT2D eigenvalue weighted by Crippen LogP contribution is 2.30. The zero-order chi connectivity index (χ0) is 27.1. The molecule has 2 rings (SSSR count). The lowest BCUT2D eigenvalue weighted by molar-refractivity contribution is -0.396. The summed E-state index contributed by atoms with van der Waals surface area (Å²) in [7, 11) is 0. The Kier molecular flexibility index (Phi) is 9.79. The standard InChI is InChI=1S/C23H38N6O7/c1-22(2,3)36-21(33)25-16(8-6-12-28-13-10-24-20(28)29(34)35)19(32)26-17-14-27(15-23(17,4)5)11-7-9-18(30)31/h10,13,16-17H,6-9,11-12,14-15H2,1-5H3,(H,25,33)(H,26,32)(H,30,31)/t16-,17-/m0/s1. The Balaban J connectivity index is 2.03. The van der Waals surface area contributed by atoms with Gasteiger partial charge in [-0.25, -0.2) is 9.36 Å². The first-order chi connectivity index (χ1) is 16.7. The van der Waals surface area contributed by atoms with E-state index in [1.807, 2.05) is 13.8 Å². The van der Waals surface area contributed by atoms with Gasteiger partial charge in [0.1, 0.15) is 24.0 Å². The van der Waals surface area contributed by atoms with Crippen molar-refractivity contribution in [3.63, 3.8) is 0 Å². The minimum atomic E-state index is -0.903. The highest BCUT2D eigenvalue weighted by molar-refractivity contribution is 5.86. The number of aliphatic carboxylic acids is 1. The maximum atomic E-state index is 13.3. The van der Waals surface area contributed by atoms with E-state index in [0.29, 0.717) is 32.5 Å². The summed E-state index contributed by atoms with van der Waals surface area (Å²) >= 11 is 0. The van der Waals surface area contributed by atoms with Crippen LogP contribution in [0.2, 0.25) is 0 Å². The lowest BCUT2D eigenvalue weighted by Gasteiger charge is -2.29. The number of aromatic nitrogens is 2. The fourth-order valence-electron chi connectivity index (χ4n) is 4.23. The number of amides is 2. The molecular formula is C23H38N6O7. The molecule has 2 atom stereocenters. The fraction of sp³-hybridized carbons (Fsp3) is 0.739. The summed E-state index contributed by atoms with van der Waals surface area (Å²) in [6.45, 7) is 11.4. The second kappa shape index (κ2) is 12.2. The molecule has 1 fully saturated rings. The van der Waals surface area contributed by atoms with Crippen molar-refractivity contribution < 1.29 is 29.2 Å². The molecule has 0 spiro atoms. The summed E-state index contributed by atoms with van der Waals surface area (Å²) in [6, 6.07) is -1.10. The van der Waals surface area contributed by atoms with Crippen LogP contribution in [0.4, 0.5) is 10.7 Å². The van der Waals surface area contributed by atoms with Crippen LogP contribution >= 0.6 is 0 Å². The lowest BCUT2D eigenvalue weighted by atomic mass is 9.87. The van der Waals surface area contributed by atoms with Crippen molar-refractivity contribution in [1.29, 1.82) is 0 Å². The van der Waals surface area contributed by atoms with Crippen molar-refractivity contribution in [2.75, 3.05) is 19.6 Å². The number of likely N-dealkylation sites (tertiary alicyclic amines) is 1. The molecule has 3 N–H and O–H groups in total. The average Bonchev–Trinajstić information content (AvgIpc) is 3.29. The molecule has 13 nitrogen and oxygen atoms in total. The maximum absolute atomic E-state index is 13.3. The Labute approximate surface area is 210 Å². The van der Waals surface area contributed by atoms with Gasteiger partial charge in [-0.2, -0.15) is 0 Å². The van der Waals surface area contributed by atoms with Gasteiger partial charge in [-0.15, -0.1) is 0 Å². The lowest BCUT2D eigenvalue weighted by Crippen LogP contribution is -2.53. The molecule has 1 aromatic rings. The van der Waals surface area contributed by atoms with E-state index in [-0.39, 0.29) is 42.7 Å². The maximum Gasteiger partial charge on any atom is 0.434 e. The minimum Gasteiger partial charge on any atom is -0.481 e. The van der Waals surface area contributed by atoms with Crippen LogP contribution in [0.5, 0.6) is 0 Å². The molecule has 2 amide bonds. The highest BCUT2D eigenvalue weighted by atomic mass is 16.6. The van der Waals surface area contributed by atoms with Crippen molar-refractivity contribution in [1.82, 2.24) is 25.1 Å². The monoisotopic (exact) mass is 510 g/mol. The van der Waals surface area contributed by atoms with Crippen molar-refractivity contribution in [2.45, 2.75) is 84.5 Å². The number of nitrogens with zero attached hydrogens (tertiary/aromatic N) is 4. The quantitative estimate of drug-likeness (QED) is 0.282. The number of nitro groups is 1. The number of imidazole rings is 1. The minimum absolute atomic E-state index is 0.0882. The van der Waals surface area contributed by atoms with Crippen LogP contribution in [0.1, 0.15) is 60.3 Å². The number of alkyl carbamates (subject to hydrolysis) is 1. The van der Waals surface area contributed by atoms with Gasteiger partial charge in [-0.1, -0.05) is 18.8 Å². The topological polar surface area (TPSA) is 169 Å². The summed E-state index contributed by atoms with van der Waals surface area (Å²) in [5.74, 6) is -1.49. The molecule has 0 unspecified atom stereocenters. The SMILES string of the molecule is CC(C)(C)OC(=O)N[C@@H](CCCn1ccnc1[N+](=O)[O-])C(=O)N[C@H]1CN(CCCC(=O)O)CC1(C)C. The summed E-state index contributed by atoms with van der Waals surface area (Å²) in [6.07, 6.45) is 3.33. The van der Waals surface area contributed by atoms with E-state index in [1.54, 1.807) is 20.8 Å². The van der Waals surface area contributed by atoms with E-state index in [0.717, 1.165) is 0 Å². The first-order valence-electron chi connectivity index (χ1n) is 12.1. The normalized spacial score (nSPS) is 18.4. The van der Waals surface area contributed by atoms with Gasteiger partial charge in [0.15, 0.2) is 0 Å². The van der Waals surface area contributed by atoms with Gasteiger partial charge in [-0.05, 0) is 56.9 Å². The predicted octanol–water partition coefficient (Wildman–Crippen LogP) is 2.16. The molecule has 0 radical (unpaired) electrons. The number of ether oxygens (including phenoxy) is 1. The smallest absolute Gasteiger partial charge is 0.434 e. The van der Waals surface area contributed by atoms with Crippen LogP contribution in [0, 0.1) is 15.5 Å². The molecule has 1 aromatic heterocycles. The van der Waals surface area contributed by atoms with Gasteiger partial charge in [0, 0.05) is 25.6 Å². The zero-order valence-electron chi connectivity index (χ0n) is 21.7. The molecule has 0 bridgehead atoms. The van der Waals surface area contributed by atoms with Gasteiger partial charge >= 0.3 is 18.0 Å². The van der Waals surface area contributed by atoms with Gasteiger partial charge < -0.3 is 35.5 Å². The van der Waals surface area contributed by atoms with Gasteiger partial charge in [-0.3, -0.25) is 9.59 Å². The first-order valence-corrected chi connectivity index (χ1v) is 12.1. The number of hydrogen-bond donors (Lipinski definition) is 3. The highest BCUT2D eigenvalue weighted by Gasteiger charge is 2.41. The van der Waals surface area contributed by atoms with Gasteiger partial charge in [0.2, 0.25) is 5.91 Å². The number of hydrogen-bond acceptors (Lipinski definition) is 8. The molecule has 1 aliphatic heterocycles. The average molecular weight is 511 g/mol. The molecule has 0 aliphatic carbocycles. The molecule has 13 heteroatoms. The van der Waals surface area contributed by atoms with E-state index in [4.69, 9.17) is 9.84 Å². The van der Waals surface area contributed by atoms with E-state index < -0.39 is 28.6 Å². The number of carboxylic acid groups (broad SMARTS) is 1. The Morgan fingerprint density at radius 1 is 1.31 bits per heavy atom. The first kappa shape index (κ1) is 29.0. The predicted molar refractivity (Wildman–Crippen MR) is 130 cm³/mol. The second-order valence-electron chi connectivity index (χ2n) is 10.8. The summed E-state index contributed by atoms with van der Waals surface area (Å²) in [5.41, 5.74) is -1.00. The van der Waals surface area contributed by atoms with Crippen LogP contribution in [-0.2, 0) is 20.9 Å². The number of carbonyl (C=O) groups is 3. The van der Waals surface area contributed by atoms with Crippen molar-refractivity contribution in [2.24, 2.45) is 5.41 Å². The number of carbonyl (C=O) groups excluding carboxylic acids is 2. The van der Waals surface area contributed by atoms with Crippen LogP contribution in [0.25, 0.3) is 0 Å². The fourth-order valence-corrected chi connectivity index (χ4v) is 4.23. The van der Waals surface area contributed by atoms with Crippen LogP contribution in [-0.4, -0.2) is 79.8 Å². The van der Waals surface area contributed by atoms with Crippen LogP contribution < -0.4 is 10.6 Å². The molecule has 2 heterocycles. The second-order valence-corrected chi connectivity index (χ2v) is 10.8. The Bertz CT molecular complexity index is 940. The zero-order valence-corrected chi connectivity index (χ0v) is 21.7. The Morgan fingerprint density at radius 3 is 2.61 bits per heavy atom. The Hall–Kier alpha value is -3.22. The molecular weight excluding hydrogens is 472 g/mol. The summed E-state index contributed by atoms with van der Waals surface area (Å²) in [4.78, 5) is 52.9. The van der Waals surface area contributed by atoms with E-state index in [2.05, 4.69) is 20.5 Å². The van der Waals surface area contributed by atoms with Crippen LogP contribution in [0.3, 0.4) is 0 Å². The molecule has 0 saturated carbocycles. The van der Waals surface area contributed by atoms with Gasteiger partial charge in [0.05, 0.1) is 6.54 Å². The van der Waals surface area contributed by atoms with E-state index in [1.165, 1.54) is 17.0 Å². The third-order valence-electron chi connectivity index (χ3n) is 5.95. The Morgan fingerprint density at radius 2 is 2.00 bits per heavy atom. The van der Waals surface area contributed by atoms with Crippen molar-refractivity contribution in [3.8, 4) is 0 Å². The molecule has 1 saturated heterocycles. The van der Waals surface area contributed by atoms with Crippen molar-refractivity contribution in [3.05, 3.63) is 22.5 Å². The molecule has 1 aliphatic rings. The van der Waals surface area contributed by atoms with Gasteiger partial charge in [0.25, 0.3) is 0 Å². The third kappa shape index (κ3) is 9.10. The molecule has 36 heavy (non-hydrogen) atoms. The summed E-state index contributed by atoms with van der Waals surface area (Å²) in [5, 5.41) is 25.7. The number of rotatable bonds is 12. The van der Waals surface area contributed by atoms with E-state index >= 15 is 0 Å². The number of nitrogens with one attached hydrogen (secondary N) is 2. The third-order valence-corrected chi connectivity index (χ3v) is 5.95. The molecule has 0 aromatic carbocycles. The molecule has 202 valence electrons. The largest absolute Gasteiger partial charge is 0.481 e. The van der Waals surface area contributed by atoms with E-state index in [9.17, 15) is 24.5 Å². The summed E-state index contributed by atoms with van der Waals surface area (Å²) < 4.78 is 6.71. The van der Waals surface area contributed by atoms with Crippen molar-refractivity contribution >= 4 is 23.9 Å². The number of aryl methyl sites for hydroxylation is 1.